The largest absolute Gasteiger partial charge is 0.494 e. The number of para-hydroxylation sites is 3. The minimum atomic E-state index is 0.765. The van der Waals surface area contributed by atoms with Crippen molar-refractivity contribution in [2.24, 2.45) is 0 Å². The minimum Gasteiger partial charge on any atom is -0.494 e. The maximum absolute atomic E-state index is 5.79. The predicted molar refractivity (Wildman–Crippen MR) is 101 cm³/mol. The molecule has 0 N–H and O–H groups in total. The van der Waals surface area contributed by atoms with Crippen molar-refractivity contribution < 1.29 is 4.74 Å². The highest BCUT2D eigenvalue weighted by Gasteiger charge is 2.08. The first-order valence-electron chi connectivity index (χ1n) is 8.57. The number of aromatic nitrogens is 1. The molecule has 4 rings (SSSR count). The number of ether oxygens (including phenoxy) is 1. The van der Waals surface area contributed by atoms with Crippen molar-refractivity contribution in [3.05, 3.63) is 78.9 Å². The predicted octanol–water partition coefficient (Wildman–Crippen LogP) is 5.65. The van der Waals surface area contributed by atoms with E-state index in [2.05, 4.69) is 53.1 Å². The van der Waals surface area contributed by atoms with Gasteiger partial charge in [-0.2, -0.15) is 0 Å². The lowest BCUT2D eigenvalue weighted by molar-refractivity contribution is 0.304. The summed E-state index contributed by atoms with van der Waals surface area (Å²) < 4.78 is 8.23. The van der Waals surface area contributed by atoms with Crippen LogP contribution in [0, 0.1) is 0 Å². The first-order valence-corrected chi connectivity index (χ1v) is 8.57. The third kappa shape index (κ3) is 2.88. The van der Waals surface area contributed by atoms with Crippen LogP contribution >= 0.6 is 0 Å². The average molecular weight is 315 g/mol. The molecule has 2 heteroatoms. The maximum atomic E-state index is 5.79. The van der Waals surface area contributed by atoms with Gasteiger partial charge in [-0.15, -0.1) is 0 Å². The van der Waals surface area contributed by atoms with Crippen LogP contribution in [0.5, 0.6) is 5.75 Å². The van der Waals surface area contributed by atoms with Crippen molar-refractivity contribution in [3.8, 4) is 5.75 Å². The van der Waals surface area contributed by atoms with Gasteiger partial charge < -0.3 is 9.30 Å². The minimum absolute atomic E-state index is 0.765. The normalized spacial score (nSPS) is 11.2. The highest BCUT2D eigenvalue weighted by atomic mass is 16.5. The van der Waals surface area contributed by atoms with E-state index in [-0.39, 0.29) is 0 Å². The molecular formula is C22H21NO. The van der Waals surface area contributed by atoms with E-state index in [9.17, 15) is 0 Å². The van der Waals surface area contributed by atoms with E-state index in [0.29, 0.717) is 0 Å². The van der Waals surface area contributed by atoms with Crippen molar-refractivity contribution in [3.63, 3.8) is 0 Å². The van der Waals surface area contributed by atoms with Gasteiger partial charge >= 0.3 is 0 Å². The second kappa shape index (κ2) is 6.79. The zero-order valence-electron chi connectivity index (χ0n) is 13.7. The molecule has 3 aromatic carbocycles. The smallest absolute Gasteiger partial charge is 0.119 e. The van der Waals surface area contributed by atoms with Gasteiger partial charge in [-0.3, -0.25) is 0 Å². The average Bonchev–Trinajstić information content (AvgIpc) is 2.97. The zero-order valence-corrected chi connectivity index (χ0v) is 13.7. The standard InChI is InChI=1S/C22H21NO/c1-2-10-18(11-3-1)24-17-9-8-16-23-21-14-6-4-12-19(21)20-13-5-7-15-22(20)23/h1-7,10-15H,8-9,16-17H2. The van der Waals surface area contributed by atoms with E-state index in [1.54, 1.807) is 0 Å². The first-order chi connectivity index (χ1) is 11.9. The molecule has 0 atom stereocenters. The quantitative estimate of drug-likeness (QED) is 0.419. The molecule has 0 fully saturated rings. The Kier molecular flexibility index (Phi) is 4.20. The monoisotopic (exact) mass is 315 g/mol. The summed E-state index contributed by atoms with van der Waals surface area (Å²) in [5.41, 5.74) is 2.64. The number of hydrogen-bond acceptors (Lipinski definition) is 1. The van der Waals surface area contributed by atoms with E-state index in [0.717, 1.165) is 31.7 Å². The van der Waals surface area contributed by atoms with Gasteiger partial charge in [0.25, 0.3) is 0 Å². The molecule has 0 saturated carbocycles. The summed E-state index contributed by atoms with van der Waals surface area (Å²) in [6, 6.07) is 27.4. The molecule has 0 aliphatic heterocycles. The Morgan fingerprint density at radius 1 is 0.625 bits per heavy atom. The Labute approximate surface area is 142 Å². The molecule has 2 nitrogen and oxygen atoms in total. The molecule has 24 heavy (non-hydrogen) atoms. The van der Waals surface area contributed by atoms with E-state index in [1.165, 1.54) is 21.8 Å². The topological polar surface area (TPSA) is 14.2 Å². The van der Waals surface area contributed by atoms with E-state index < -0.39 is 0 Å². The number of fused-ring (bicyclic) bond motifs is 3. The van der Waals surface area contributed by atoms with Crippen LogP contribution < -0.4 is 4.74 Å². The summed E-state index contributed by atoms with van der Waals surface area (Å²) >= 11 is 0. The van der Waals surface area contributed by atoms with Crippen LogP contribution in [-0.4, -0.2) is 11.2 Å². The fourth-order valence-electron chi connectivity index (χ4n) is 3.32. The Morgan fingerprint density at radius 3 is 1.88 bits per heavy atom. The van der Waals surface area contributed by atoms with Gasteiger partial charge in [0, 0.05) is 28.4 Å². The lowest BCUT2D eigenvalue weighted by atomic mass is 10.2. The van der Waals surface area contributed by atoms with Gasteiger partial charge in [0.2, 0.25) is 0 Å². The Balaban J connectivity index is 1.46. The number of hydrogen-bond donors (Lipinski definition) is 0. The Hall–Kier alpha value is -2.74. The van der Waals surface area contributed by atoms with E-state index >= 15 is 0 Å². The molecule has 0 aliphatic rings. The van der Waals surface area contributed by atoms with Gasteiger partial charge in [-0.25, -0.2) is 0 Å². The molecule has 1 heterocycles. The van der Waals surface area contributed by atoms with Gasteiger partial charge in [0.15, 0.2) is 0 Å². The van der Waals surface area contributed by atoms with Crippen LogP contribution in [0.3, 0.4) is 0 Å². The summed E-state index contributed by atoms with van der Waals surface area (Å²) in [5, 5.41) is 2.68. The van der Waals surface area contributed by atoms with Crippen molar-refractivity contribution in [1.82, 2.24) is 4.57 Å². The number of aryl methyl sites for hydroxylation is 1. The van der Waals surface area contributed by atoms with E-state index in [4.69, 9.17) is 4.74 Å². The van der Waals surface area contributed by atoms with Gasteiger partial charge in [0.05, 0.1) is 6.61 Å². The molecule has 0 bridgehead atoms. The van der Waals surface area contributed by atoms with Crippen molar-refractivity contribution in [1.29, 1.82) is 0 Å². The van der Waals surface area contributed by atoms with Gasteiger partial charge in [0.1, 0.15) is 5.75 Å². The summed E-state index contributed by atoms with van der Waals surface area (Å²) in [6.07, 6.45) is 2.16. The highest BCUT2D eigenvalue weighted by molar-refractivity contribution is 6.07. The number of nitrogens with zero attached hydrogens (tertiary/aromatic N) is 1. The van der Waals surface area contributed by atoms with Crippen molar-refractivity contribution >= 4 is 21.8 Å². The van der Waals surface area contributed by atoms with Crippen LogP contribution in [-0.2, 0) is 6.54 Å². The third-order valence-corrected chi connectivity index (χ3v) is 4.47. The second-order valence-corrected chi connectivity index (χ2v) is 6.05. The summed E-state index contributed by atoms with van der Waals surface area (Å²) in [7, 11) is 0. The number of rotatable bonds is 6. The Morgan fingerprint density at radius 2 is 1.21 bits per heavy atom. The fourth-order valence-corrected chi connectivity index (χ4v) is 3.32. The van der Waals surface area contributed by atoms with Gasteiger partial charge in [-0.05, 0) is 37.1 Å². The third-order valence-electron chi connectivity index (χ3n) is 4.47. The molecule has 120 valence electrons. The summed E-state index contributed by atoms with van der Waals surface area (Å²) in [6.45, 7) is 1.79. The zero-order chi connectivity index (χ0) is 16.2. The summed E-state index contributed by atoms with van der Waals surface area (Å²) in [4.78, 5) is 0. The van der Waals surface area contributed by atoms with Crippen LogP contribution in [0.15, 0.2) is 78.9 Å². The van der Waals surface area contributed by atoms with Crippen LogP contribution in [0.1, 0.15) is 12.8 Å². The highest BCUT2D eigenvalue weighted by Crippen LogP contribution is 2.28. The summed E-state index contributed by atoms with van der Waals surface area (Å²) in [5.74, 6) is 0.953. The maximum Gasteiger partial charge on any atom is 0.119 e. The van der Waals surface area contributed by atoms with Crippen LogP contribution in [0.4, 0.5) is 0 Å². The van der Waals surface area contributed by atoms with E-state index in [1.807, 2.05) is 30.3 Å². The van der Waals surface area contributed by atoms with Gasteiger partial charge in [-0.1, -0.05) is 54.6 Å². The van der Waals surface area contributed by atoms with Crippen molar-refractivity contribution in [2.45, 2.75) is 19.4 Å². The molecule has 0 saturated heterocycles. The SMILES string of the molecule is c1ccc(OCCCCn2c3ccccc3c3ccccc32)cc1. The second-order valence-electron chi connectivity index (χ2n) is 6.05. The number of unbranched alkanes of at least 4 members (excludes halogenated alkanes) is 1. The number of benzene rings is 3. The first kappa shape index (κ1) is 14.8. The molecule has 0 aliphatic carbocycles. The molecule has 0 amide bonds. The van der Waals surface area contributed by atoms with Crippen LogP contribution in [0.25, 0.3) is 21.8 Å². The van der Waals surface area contributed by atoms with Crippen LogP contribution in [0.2, 0.25) is 0 Å². The molecule has 0 spiro atoms. The molecule has 1 aromatic heterocycles. The van der Waals surface area contributed by atoms with Crippen molar-refractivity contribution in [2.75, 3.05) is 6.61 Å². The molecule has 4 aromatic rings. The Bertz CT molecular complexity index is 887. The fraction of sp³-hybridized carbons (Fsp3) is 0.182. The molecule has 0 unspecified atom stereocenters. The lowest BCUT2D eigenvalue weighted by Gasteiger charge is -2.09. The molecular weight excluding hydrogens is 294 g/mol. The molecule has 0 radical (unpaired) electrons. The lowest BCUT2D eigenvalue weighted by Crippen LogP contribution is -2.02.